The summed E-state index contributed by atoms with van der Waals surface area (Å²) in [6.45, 7) is 1.08. The number of aliphatic hydroxyl groups excluding tert-OH is 1. The second-order valence-electron chi connectivity index (χ2n) is 3.05. The van der Waals surface area contributed by atoms with Crippen LogP contribution in [-0.4, -0.2) is 49.9 Å². The van der Waals surface area contributed by atoms with E-state index in [-0.39, 0.29) is 18.6 Å². The Morgan fingerprint density at radius 3 is 2.92 bits per heavy atom. The predicted molar refractivity (Wildman–Crippen MR) is 42.6 cm³/mol. The van der Waals surface area contributed by atoms with Crippen LogP contribution in [0.4, 0.5) is 0 Å². The van der Waals surface area contributed by atoms with Crippen molar-refractivity contribution in [2.75, 3.05) is 13.1 Å². The topological polar surface area (TPSA) is 71.2 Å². The molecule has 0 bridgehead atoms. The molecule has 2 heterocycles. The molecule has 1 aliphatic heterocycles. The monoisotopic (exact) mass is 182 g/mol. The van der Waals surface area contributed by atoms with Crippen LogP contribution in [-0.2, 0) is 11.3 Å². The number of aliphatic hydroxyl groups is 1. The summed E-state index contributed by atoms with van der Waals surface area (Å²) in [5.41, 5.74) is 0. The number of carbonyl (C=O) groups excluding carboxylic acids is 1. The van der Waals surface area contributed by atoms with Gasteiger partial charge in [0.2, 0.25) is 5.91 Å². The summed E-state index contributed by atoms with van der Waals surface area (Å²) < 4.78 is 1.47. The summed E-state index contributed by atoms with van der Waals surface area (Å²) in [6, 6.07) is 0. The Kier molecular flexibility index (Phi) is 1.97. The van der Waals surface area contributed by atoms with Crippen molar-refractivity contribution >= 4 is 5.91 Å². The van der Waals surface area contributed by atoms with Gasteiger partial charge in [-0.3, -0.25) is 4.79 Å². The fraction of sp³-hybridized carbons (Fsp3) is 0.571. The Labute approximate surface area is 74.8 Å². The maximum absolute atomic E-state index is 11.4. The molecule has 0 radical (unpaired) electrons. The maximum atomic E-state index is 11.4. The van der Waals surface area contributed by atoms with Crippen LogP contribution >= 0.6 is 0 Å². The Balaban J connectivity index is 1.86. The first-order valence-electron chi connectivity index (χ1n) is 4.04. The smallest absolute Gasteiger partial charge is 0.244 e. The molecule has 1 saturated heterocycles. The third-order valence-corrected chi connectivity index (χ3v) is 1.98. The molecule has 0 unspecified atom stereocenters. The number of β-amino-alcohol motifs (C(OH)–C–C–N with tert-alkyl or cyclic N) is 1. The second-order valence-corrected chi connectivity index (χ2v) is 3.05. The third kappa shape index (κ3) is 1.67. The Morgan fingerprint density at radius 2 is 2.38 bits per heavy atom. The lowest BCUT2D eigenvalue weighted by Crippen LogP contribution is -2.54. The van der Waals surface area contributed by atoms with Gasteiger partial charge >= 0.3 is 0 Å². The average Bonchev–Trinajstić information content (AvgIpc) is 2.51. The van der Waals surface area contributed by atoms with E-state index in [2.05, 4.69) is 10.1 Å². The molecule has 1 amide bonds. The van der Waals surface area contributed by atoms with Crippen molar-refractivity contribution in [1.82, 2.24) is 19.7 Å². The molecule has 70 valence electrons. The summed E-state index contributed by atoms with van der Waals surface area (Å²) in [5, 5.41) is 12.8. The van der Waals surface area contributed by atoms with Gasteiger partial charge in [-0.2, -0.15) is 5.10 Å². The number of aromatic nitrogens is 3. The van der Waals surface area contributed by atoms with Crippen molar-refractivity contribution in [3.8, 4) is 0 Å². The molecule has 1 aliphatic rings. The highest BCUT2D eigenvalue weighted by atomic mass is 16.3. The molecular formula is C7H10N4O2. The van der Waals surface area contributed by atoms with Crippen LogP contribution in [0.2, 0.25) is 0 Å². The molecule has 1 fully saturated rings. The van der Waals surface area contributed by atoms with Crippen molar-refractivity contribution in [2.24, 2.45) is 0 Å². The van der Waals surface area contributed by atoms with E-state index in [0.717, 1.165) is 0 Å². The molecule has 0 aliphatic carbocycles. The molecule has 2 rings (SSSR count). The van der Waals surface area contributed by atoms with Gasteiger partial charge in [0.15, 0.2) is 0 Å². The largest absolute Gasteiger partial charge is 0.389 e. The number of hydrogen-bond donors (Lipinski definition) is 1. The summed E-state index contributed by atoms with van der Waals surface area (Å²) in [5.74, 6) is -0.0317. The van der Waals surface area contributed by atoms with Crippen molar-refractivity contribution in [3.05, 3.63) is 12.7 Å². The highest BCUT2D eigenvalue weighted by Gasteiger charge is 2.28. The SMILES string of the molecule is O=C(Cn1cncn1)N1CC(O)C1. The van der Waals surface area contributed by atoms with E-state index in [0.29, 0.717) is 13.1 Å². The Hall–Kier alpha value is -1.43. The molecule has 0 saturated carbocycles. The molecule has 1 aromatic heterocycles. The summed E-state index contributed by atoms with van der Waals surface area (Å²) in [4.78, 5) is 16.7. The molecule has 6 nitrogen and oxygen atoms in total. The van der Waals surface area contributed by atoms with E-state index < -0.39 is 0 Å². The highest BCUT2D eigenvalue weighted by Crippen LogP contribution is 2.07. The number of carbonyl (C=O) groups is 1. The lowest BCUT2D eigenvalue weighted by Gasteiger charge is -2.35. The van der Waals surface area contributed by atoms with Gasteiger partial charge in [-0.05, 0) is 0 Å². The summed E-state index contributed by atoms with van der Waals surface area (Å²) in [6.07, 6.45) is 2.53. The van der Waals surface area contributed by atoms with Gasteiger partial charge in [-0.1, -0.05) is 0 Å². The van der Waals surface area contributed by atoms with E-state index in [1.165, 1.54) is 17.3 Å². The van der Waals surface area contributed by atoms with Gasteiger partial charge in [0, 0.05) is 13.1 Å². The average molecular weight is 182 g/mol. The molecule has 1 aromatic rings. The van der Waals surface area contributed by atoms with E-state index >= 15 is 0 Å². The maximum Gasteiger partial charge on any atom is 0.244 e. The lowest BCUT2D eigenvalue weighted by atomic mass is 10.2. The van der Waals surface area contributed by atoms with Crippen LogP contribution in [0.3, 0.4) is 0 Å². The molecule has 0 atom stereocenters. The van der Waals surface area contributed by atoms with Gasteiger partial charge < -0.3 is 10.0 Å². The predicted octanol–water partition coefficient (Wildman–Crippen LogP) is -1.52. The molecular weight excluding hydrogens is 172 g/mol. The minimum Gasteiger partial charge on any atom is -0.389 e. The van der Waals surface area contributed by atoms with Gasteiger partial charge in [0.05, 0.1) is 6.10 Å². The molecule has 0 spiro atoms. The van der Waals surface area contributed by atoms with Crippen LogP contribution in [0.1, 0.15) is 0 Å². The first kappa shape index (κ1) is 8.18. The Bertz CT molecular complexity index is 291. The highest BCUT2D eigenvalue weighted by molar-refractivity contribution is 5.76. The van der Waals surface area contributed by atoms with E-state index in [1.54, 1.807) is 4.90 Å². The van der Waals surface area contributed by atoms with Crippen molar-refractivity contribution < 1.29 is 9.90 Å². The zero-order valence-electron chi connectivity index (χ0n) is 7.00. The van der Waals surface area contributed by atoms with Gasteiger partial charge in [0.25, 0.3) is 0 Å². The quantitative estimate of drug-likeness (QED) is 0.603. The van der Waals surface area contributed by atoms with Gasteiger partial charge in [0.1, 0.15) is 19.2 Å². The molecule has 0 aromatic carbocycles. The van der Waals surface area contributed by atoms with E-state index in [4.69, 9.17) is 5.11 Å². The second kappa shape index (κ2) is 3.14. The third-order valence-electron chi connectivity index (χ3n) is 1.98. The van der Waals surface area contributed by atoms with Crippen LogP contribution in [0, 0.1) is 0 Å². The fourth-order valence-electron chi connectivity index (χ4n) is 1.21. The van der Waals surface area contributed by atoms with Crippen LogP contribution in [0.25, 0.3) is 0 Å². The Morgan fingerprint density at radius 1 is 1.62 bits per heavy atom. The molecule has 13 heavy (non-hydrogen) atoms. The van der Waals surface area contributed by atoms with E-state index in [9.17, 15) is 4.79 Å². The first-order chi connectivity index (χ1) is 6.25. The van der Waals surface area contributed by atoms with Gasteiger partial charge in [-0.15, -0.1) is 0 Å². The number of nitrogens with zero attached hydrogens (tertiary/aromatic N) is 4. The summed E-state index contributed by atoms with van der Waals surface area (Å²) in [7, 11) is 0. The first-order valence-corrected chi connectivity index (χ1v) is 4.04. The van der Waals surface area contributed by atoms with Crippen molar-refractivity contribution in [1.29, 1.82) is 0 Å². The van der Waals surface area contributed by atoms with Crippen LogP contribution in [0.15, 0.2) is 12.7 Å². The molecule has 1 N–H and O–H groups in total. The van der Waals surface area contributed by atoms with E-state index in [1.807, 2.05) is 0 Å². The zero-order valence-corrected chi connectivity index (χ0v) is 7.00. The summed E-state index contributed by atoms with van der Waals surface area (Å²) >= 11 is 0. The van der Waals surface area contributed by atoms with Crippen molar-refractivity contribution in [2.45, 2.75) is 12.6 Å². The normalized spacial score (nSPS) is 17.2. The standard InChI is InChI=1S/C7H10N4O2/c12-6-1-10(2-6)7(13)3-11-5-8-4-9-11/h4-6,12H,1-3H2. The molecule has 6 heteroatoms. The number of likely N-dealkylation sites (tertiary alicyclic amines) is 1. The van der Waals surface area contributed by atoms with Crippen LogP contribution in [0.5, 0.6) is 0 Å². The number of amides is 1. The van der Waals surface area contributed by atoms with Crippen LogP contribution < -0.4 is 0 Å². The van der Waals surface area contributed by atoms with Crippen molar-refractivity contribution in [3.63, 3.8) is 0 Å². The van der Waals surface area contributed by atoms with Gasteiger partial charge in [-0.25, -0.2) is 9.67 Å². The number of hydrogen-bond acceptors (Lipinski definition) is 4. The fourth-order valence-corrected chi connectivity index (χ4v) is 1.21. The lowest BCUT2D eigenvalue weighted by molar-refractivity contribution is -0.142. The minimum atomic E-state index is -0.348. The zero-order chi connectivity index (χ0) is 9.26. The minimum absolute atomic E-state index is 0.0317. The number of rotatable bonds is 2.